The van der Waals surface area contributed by atoms with Gasteiger partial charge in [-0.3, -0.25) is 4.79 Å². The molecule has 1 rings (SSSR count). The van der Waals surface area contributed by atoms with E-state index in [9.17, 15) is 9.90 Å². The first-order chi connectivity index (χ1) is 10.2. The zero-order valence-electron chi connectivity index (χ0n) is 12.8. The van der Waals surface area contributed by atoms with Crippen molar-refractivity contribution in [1.82, 2.24) is 0 Å². The number of ether oxygens (including phenoxy) is 1. The molecule has 0 spiro atoms. The van der Waals surface area contributed by atoms with E-state index in [1.165, 1.54) is 20.0 Å². The molecule has 0 radical (unpaired) electrons. The van der Waals surface area contributed by atoms with Crippen LogP contribution in [0.15, 0.2) is 36.4 Å². The highest BCUT2D eigenvalue weighted by Gasteiger charge is 1.99. The van der Waals surface area contributed by atoms with Gasteiger partial charge in [0.05, 0.1) is 7.11 Å². The fourth-order valence-corrected chi connectivity index (χ4v) is 1.95. The maximum Gasteiger partial charge on any atom is 0.160 e. The Kier molecular flexibility index (Phi) is 7.95. The van der Waals surface area contributed by atoms with Crippen LogP contribution in [0.3, 0.4) is 0 Å². The maximum absolute atomic E-state index is 11.6. The summed E-state index contributed by atoms with van der Waals surface area (Å²) in [6, 6.07) is 5.17. The largest absolute Gasteiger partial charge is 0.504 e. The molecule has 3 nitrogen and oxygen atoms in total. The van der Waals surface area contributed by atoms with Gasteiger partial charge in [0.2, 0.25) is 0 Å². The van der Waals surface area contributed by atoms with E-state index in [4.69, 9.17) is 4.74 Å². The van der Waals surface area contributed by atoms with Crippen LogP contribution in [0.25, 0.3) is 6.08 Å². The van der Waals surface area contributed by atoms with E-state index in [0.717, 1.165) is 18.4 Å². The predicted octanol–water partition coefficient (Wildman–Crippen LogP) is 4.51. The predicted molar refractivity (Wildman–Crippen MR) is 86.6 cm³/mol. The Morgan fingerprint density at radius 2 is 2.05 bits per heavy atom. The molecular weight excluding hydrogens is 264 g/mol. The van der Waals surface area contributed by atoms with Gasteiger partial charge in [0, 0.05) is 6.42 Å². The Hall–Kier alpha value is -2.03. The Bertz CT molecular complexity index is 501. The number of allylic oxidation sites excluding steroid dienone is 3. The van der Waals surface area contributed by atoms with E-state index in [1.54, 1.807) is 30.4 Å². The average molecular weight is 288 g/mol. The quantitative estimate of drug-likeness (QED) is 0.413. The number of benzene rings is 1. The molecule has 1 aromatic carbocycles. The van der Waals surface area contributed by atoms with E-state index in [1.807, 2.05) is 12.1 Å². The van der Waals surface area contributed by atoms with Gasteiger partial charge < -0.3 is 9.84 Å². The minimum absolute atomic E-state index is 0.107. The first-order valence-electron chi connectivity index (χ1n) is 7.42. The standard InChI is InChI=1S/C18H24O3/c1-3-4-5-6-10-16(19)11-8-7-9-15-12-13-18(21-2)17(20)14-15/h7-9,11-14,20H,3-6,10H2,1-2H3. The van der Waals surface area contributed by atoms with Crippen LogP contribution >= 0.6 is 0 Å². The zero-order valence-corrected chi connectivity index (χ0v) is 12.8. The molecule has 114 valence electrons. The summed E-state index contributed by atoms with van der Waals surface area (Å²) in [4.78, 5) is 11.6. The van der Waals surface area contributed by atoms with Gasteiger partial charge in [-0.05, 0) is 30.2 Å². The van der Waals surface area contributed by atoms with Crippen LogP contribution in [0.4, 0.5) is 0 Å². The van der Waals surface area contributed by atoms with Crippen LogP contribution in [-0.4, -0.2) is 18.0 Å². The van der Waals surface area contributed by atoms with Crippen molar-refractivity contribution < 1.29 is 14.6 Å². The lowest BCUT2D eigenvalue weighted by Gasteiger charge is -2.02. The first-order valence-corrected chi connectivity index (χ1v) is 7.42. The average Bonchev–Trinajstić information content (AvgIpc) is 2.48. The molecule has 1 aromatic rings. The number of unbranched alkanes of at least 4 members (excludes halogenated alkanes) is 3. The molecule has 0 unspecified atom stereocenters. The van der Waals surface area contributed by atoms with Crippen molar-refractivity contribution in [2.24, 2.45) is 0 Å². The topological polar surface area (TPSA) is 46.5 Å². The highest BCUT2D eigenvalue weighted by atomic mass is 16.5. The van der Waals surface area contributed by atoms with Crippen LogP contribution in [0, 0.1) is 0 Å². The van der Waals surface area contributed by atoms with Gasteiger partial charge in [0.25, 0.3) is 0 Å². The van der Waals surface area contributed by atoms with Crippen molar-refractivity contribution in [3.63, 3.8) is 0 Å². The summed E-state index contributed by atoms with van der Waals surface area (Å²) in [5.41, 5.74) is 0.855. The molecule has 0 aliphatic heterocycles. The summed E-state index contributed by atoms with van der Waals surface area (Å²) in [6.07, 6.45) is 12.1. The SMILES string of the molecule is CCCCCCC(=O)C=CC=Cc1ccc(OC)c(O)c1. The highest BCUT2D eigenvalue weighted by molar-refractivity contribution is 5.89. The number of hydrogen-bond donors (Lipinski definition) is 1. The van der Waals surface area contributed by atoms with Gasteiger partial charge >= 0.3 is 0 Å². The third-order valence-electron chi connectivity index (χ3n) is 3.16. The van der Waals surface area contributed by atoms with E-state index in [0.29, 0.717) is 12.2 Å². The van der Waals surface area contributed by atoms with Gasteiger partial charge in [-0.1, -0.05) is 50.5 Å². The molecular formula is C18H24O3. The van der Waals surface area contributed by atoms with Gasteiger partial charge in [-0.25, -0.2) is 0 Å². The van der Waals surface area contributed by atoms with Crippen molar-refractivity contribution in [3.05, 3.63) is 42.0 Å². The van der Waals surface area contributed by atoms with Crippen molar-refractivity contribution in [3.8, 4) is 11.5 Å². The van der Waals surface area contributed by atoms with E-state index < -0.39 is 0 Å². The fourth-order valence-electron chi connectivity index (χ4n) is 1.95. The number of aromatic hydroxyl groups is 1. The van der Waals surface area contributed by atoms with Crippen LogP contribution in [-0.2, 0) is 4.79 Å². The van der Waals surface area contributed by atoms with Gasteiger partial charge in [-0.15, -0.1) is 0 Å². The highest BCUT2D eigenvalue weighted by Crippen LogP contribution is 2.26. The lowest BCUT2D eigenvalue weighted by molar-refractivity contribution is -0.114. The molecule has 1 N–H and O–H groups in total. The zero-order chi connectivity index (χ0) is 15.5. The van der Waals surface area contributed by atoms with Gasteiger partial charge in [0.1, 0.15) is 0 Å². The molecule has 0 fully saturated rings. The number of carbonyl (C=O) groups excluding carboxylic acids is 1. The van der Waals surface area contributed by atoms with Crippen molar-refractivity contribution >= 4 is 11.9 Å². The summed E-state index contributed by atoms with van der Waals surface area (Å²) in [5, 5.41) is 9.65. The number of carbonyl (C=O) groups is 1. The third-order valence-corrected chi connectivity index (χ3v) is 3.16. The van der Waals surface area contributed by atoms with Crippen molar-refractivity contribution in [1.29, 1.82) is 0 Å². The lowest BCUT2D eigenvalue weighted by Crippen LogP contribution is -1.91. The second kappa shape index (κ2) is 9.81. The minimum Gasteiger partial charge on any atom is -0.504 e. The van der Waals surface area contributed by atoms with Crippen LogP contribution in [0.2, 0.25) is 0 Å². The Morgan fingerprint density at radius 3 is 2.71 bits per heavy atom. The first kappa shape index (κ1) is 17.0. The molecule has 0 amide bonds. The molecule has 0 saturated heterocycles. The monoisotopic (exact) mass is 288 g/mol. The molecule has 0 bridgehead atoms. The second-order valence-electron chi connectivity index (χ2n) is 4.93. The number of phenolic OH excluding ortho intramolecular Hbond substituents is 1. The molecule has 0 aromatic heterocycles. The van der Waals surface area contributed by atoms with Crippen LogP contribution in [0.5, 0.6) is 11.5 Å². The summed E-state index contributed by atoms with van der Waals surface area (Å²) in [5.74, 6) is 0.717. The summed E-state index contributed by atoms with van der Waals surface area (Å²) < 4.78 is 4.98. The smallest absolute Gasteiger partial charge is 0.160 e. The molecule has 0 atom stereocenters. The third kappa shape index (κ3) is 6.80. The maximum atomic E-state index is 11.6. The van der Waals surface area contributed by atoms with Crippen LogP contribution in [0.1, 0.15) is 44.6 Å². The molecule has 0 aliphatic carbocycles. The van der Waals surface area contributed by atoms with E-state index in [2.05, 4.69) is 6.92 Å². The molecule has 0 saturated carbocycles. The molecule has 0 heterocycles. The van der Waals surface area contributed by atoms with Crippen molar-refractivity contribution in [2.75, 3.05) is 7.11 Å². The van der Waals surface area contributed by atoms with Crippen LogP contribution < -0.4 is 4.74 Å². The summed E-state index contributed by atoms with van der Waals surface area (Å²) >= 11 is 0. The van der Waals surface area contributed by atoms with E-state index >= 15 is 0 Å². The van der Waals surface area contributed by atoms with Gasteiger partial charge in [0.15, 0.2) is 17.3 Å². The Balaban J connectivity index is 2.41. The minimum atomic E-state index is 0.107. The molecule has 0 aliphatic rings. The Morgan fingerprint density at radius 1 is 1.24 bits per heavy atom. The van der Waals surface area contributed by atoms with Gasteiger partial charge in [-0.2, -0.15) is 0 Å². The number of ketones is 1. The number of phenols is 1. The Labute approximate surface area is 127 Å². The lowest BCUT2D eigenvalue weighted by atomic mass is 10.1. The number of rotatable bonds is 9. The normalized spacial score (nSPS) is 11.3. The summed E-state index contributed by atoms with van der Waals surface area (Å²) in [7, 11) is 1.51. The van der Waals surface area contributed by atoms with E-state index in [-0.39, 0.29) is 11.5 Å². The molecule has 21 heavy (non-hydrogen) atoms. The number of methoxy groups -OCH3 is 1. The molecule has 3 heteroatoms. The summed E-state index contributed by atoms with van der Waals surface area (Å²) in [6.45, 7) is 2.16. The fraction of sp³-hybridized carbons (Fsp3) is 0.389. The second-order valence-corrected chi connectivity index (χ2v) is 4.93. The van der Waals surface area contributed by atoms with Crippen molar-refractivity contribution in [2.45, 2.75) is 39.0 Å². The number of hydrogen-bond acceptors (Lipinski definition) is 3.